The van der Waals surface area contributed by atoms with Gasteiger partial charge in [0, 0.05) is 6.54 Å². The third-order valence-corrected chi connectivity index (χ3v) is 4.76. The Balaban J connectivity index is 1.72. The number of hydrogen-bond acceptors (Lipinski definition) is 3. The highest BCUT2D eigenvalue weighted by atomic mass is 35.5. The molecule has 0 radical (unpaired) electrons. The molecule has 0 spiro atoms. The van der Waals surface area contributed by atoms with Crippen molar-refractivity contribution in [2.24, 2.45) is 0 Å². The van der Waals surface area contributed by atoms with Crippen molar-refractivity contribution < 1.29 is 9.18 Å². The van der Waals surface area contributed by atoms with Gasteiger partial charge in [-0.05, 0) is 30.3 Å². The first-order chi connectivity index (χ1) is 12.1. The first-order valence-corrected chi connectivity index (χ1v) is 8.88. The van der Waals surface area contributed by atoms with E-state index in [0.29, 0.717) is 12.2 Å². The largest absolute Gasteiger partial charge is 0.324 e. The van der Waals surface area contributed by atoms with Gasteiger partial charge in [-0.1, -0.05) is 41.6 Å². The van der Waals surface area contributed by atoms with Crippen molar-refractivity contribution in [1.82, 2.24) is 9.55 Å². The molecule has 0 aliphatic rings. The Bertz CT molecular complexity index is 941. The molecule has 0 aliphatic heterocycles. The van der Waals surface area contributed by atoms with Crippen LogP contribution < -0.4 is 5.32 Å². The van der Waals surface area contributed by atoms with E-state index in [2.05, 4.69) is 16.9 Å². The van der Waals surface area contributed by atoms with Crippen LogP contribution in [0, 0.1) is 5.82 Å². The number of carbonyl (C=O) groups excluding carboxylic acids is 1. The maximum Gasteiger partial charge on any atom is 0.234 e. The molecule has 0 unspecified atom stereocenters. The van der Waals surface area contributed by atoms with E-state index >= 15 is 0 Å². The van der Waals surface area contributed by atoms with Crippen molar-refractivity contribution in [3.63, 3.8) is 0 Å². The maximum absolute atomic E-state index is 13.1. The van der Waals surface area contributed by atoms with Gasteiger partial charge in [0.2, 0.25) is 5.91 Å². The Labute approximate surface area is 153 Å². The van der Waals surface area contributed by atoms with E-state index in [4.69, 9.17) is 11.6 Å². The van der Waals surface area contributed by atoms with E-state index in [0.717, 1.165) is 22.3 Å². The summed E-state index contributed by atoms with van der Waals surface area (Å²) in [6.45, 7) is 4.37. The number of nitrogens with one attached hydrogen (secondary N) is 1. The van der Waals surface area contributed by atoms with Gasteiger partial charge in [0.25, 0.3) is 0 Å². The molecule has 0 saturated heterocycles. The number of halogens is 2. The van der Waals surface area contributed by atoms with Crippen LogP contribution in [0.15, 0.2) is 60.3 Å². The molecule has 1 heterocycles. The lowest BCUT2D eigenvalue weighted by Crippen LogP contribution is -2.15. The summed E-state index contributed by atoms with van der Waals surface area (Å²) >= 11 is 7.25. The summed E-state index contributed by atoms with van der Waals surface area (Å²) in [5, 5.41) is 3.58. The second-order valence-corrected chi connectivity index (χ2v) is 6.59. The lowest BCUT2D eigenvalue weighted by atomic mass is 10.3. The van der Waals surface area contributed by atoms with E-state index in [9.17, 15) is 9.18 Å². The van der Waals surface area contributed by atoms with Gasteiger partial charge in [0.15, 0.2) is 5.16 Å². The molecule has 0 aliphatic carbocycles. The highest BCUT2D eigenvalue weighted by molar-refractivity contribution is 7.99. The first-order valence-electron chi connectivity index (χ1n) is 7.52. The predicted octanol–water partition coefficient (Wildman–Crippen LogP) is 4.75. The Morgan fingerprint density at radius 2 is 2.16 bits per heavy atom. The maximum atomic E-state index is 13.1. The molecule has 0 saturated carbocycles. The third kappa shape index (κ3) is 4.03. The number of hydrogen-bond donors (Lipinski definition) is 1. The van der Waals surface area contributed by atoms with Crippen molar-refractivity contribution in [3.05, 3.63) is 66.0 Å². The van der Waals surface area contributed by atoms with E-state index in [1.807, 2.05) is 28.8 Å². The topological polar surface area (TPSA) is 46.9 Å². The summed E-state index contributed by atoms with van der Waals surface area (Å²) in [6, 6.07) is 11.6. The zero-order valence-corrected chi connectivity index (χ0v) is 14.8. The minimum Gasteiger partial charge on any atom is -0.324 e. The Kier molecular flexibility index (Phi) is 5.40. The summed E-state index contributed by atoms with van der Waals surface area (Å²) < 4.78 is 15.1. The minimum atomic E-state index is -0.449. The fraction of sp³-hybridized carbons (Fsp3) is 0.111. The molecule has 3 rings (SSSR count). The lowest BCUT2D eigenvalue weighted by molar-refractivity contribution is -0.113. The standard InChI is InChI=1S/C18H15ClFN3OS/c1-2-9-23-16-6-4-3-5-15(16)22-18(23)25-11-17(24)21-14-8-7-12(20)10-13(14)19/h2-8,10H,1,9,11H2,(H,21,24). The predicted molar refractivity (Wildman–Crippen MR) is 101 cm³/mol. The van der Waals surface area contributed by atoms with Gasteiger partial charge in [-0.25, -0.2) is 9.37 Å². The minimum absolute atomic E-state index is 0.161. The number of anilines is 1. The molecule has 0 atom stereocenters. The fourth-order valence-electron chi connectivity index (χ4n) is 2.38. The van der Waals surface area contributed by atoms with Crippen molar-refractivity contribution in [2.75, 3.05) is 11.1 Å². The highest BCUT2D eigenvalue weighted by Crippen LogP contribution is 2.26. The second kappa shape index (κ2) is 7.72. The number of para-hydroxylation sites is 2. The molecule has 3 aromatic rings. The van der Waals surface area contributed by atoms with E-state index < -0.39 is 5.82 Å². The molecule has 1 amide bonds. The number of aromatic nitrogens is 2. The van der Waals surface area contributed by atoms with E-state index in [-0.39, 0.29) is 16.7 Å². The van der Waals surface area contributed by atoms with Gasteiger partial charge >= 0.3 is 0 Å². The molecule has 25 heavy (non-hydrogen) atoms. The number of rotatable bonds is 6. The highest BCUT2D eigenvalue weighted by Gasteiger charge is 2.13. The Morgan fingerprint density at radius 1 is 1.36 bits per heavy atom. The van der Waals surface area contributed by atoms with Gasteiger partial charge in [-0.15, -0.1) is 6.58 Å². The number of imidazole rings is 1. The van der Waals surface area contributed by atoms with Crippen LogP contribution in [0.5, 0.6) is 0 Å². The molecule has 1 aromatic heterocycles. The summed E-state index contributed by atoms with van der Waals surface area (Å²) in [5.41, 5.74) is 2.24. The molecule has 1 N–H and O–H groups in total. The zero-order chi connectivity index (χ0) is 17.8. The van der Waals surface area contributed by atoms with Crippen molar-refractivity contribution in [1.29, 1.82) is 0 Å². The summed E-state index contributed by atoms with van der Waals surface area (Å²) in [7, 11) is 0. The van der Waals surface area contributed by atoms with Crippen LogP contribution in [0.1, 0.15) is 0 Å². The molecule has 7 heteroatoms. The van der Waals surface area contributed by atoms with E-state index in [1.54, 1.807) is 6.08 Å². The molecule has 4 nitrogen and oxygen atoms in total. The SMILES string of the molecule is C=CCn1c(SCC(=O)Nc2ccc(F)cc2Cl)nc2ccccc21. The molecule has 0 fully saturated rings. The normalized spacial score (nSPS) is 10.8. The first kappa shape index (κ1) is 17.5. The fourth-order valence-corrected chi connectivity index (χ4v) is 3.41. The molecule has 128 valence electrons. The van der Waals surface area contributed by atoms with E-state index in [1.165, 1.54) is 23.9 Å². The van der Waals surface area contributed by atoms with Gasteiger partial charge in [0.05, 0.1) is 27.5 Å². The Hall–Kier alpha value is -2.31. The van der Waals surface area contributed by atoms with Gasteiger partial charge < -0.3 is 9.88 Å². The molecular formula is C18H15ClFN3OS. The van der Waals surface area contributed by atoms with Crippen LogP contribution in [0.3, 0.4) is 0 Å². The quantitative estimate of drug-likeness (QED) is 0.499. The number of thioether (sulfide) groups is 1. The zero-order valence-electron chi connectivity index (χ0n) is 13.2. The van der Waals surface area contributed by atoms with Crippen molar-refractivity contribution >= 4 is 46.0 Å². The average Bonchev–Trinajstić information content (AvgIpc) is 2.94. The monoisotopic (exact) mass is 375 g/mol. The van der Waals surface area contributed by atoms with Crippen LogP contribution in [0.4, 0.5) is 10.1 Å². The number of nitrogens with zero attached hydrogens (tertiary/aromatic N) is 2. The van der Waals surface area contributed by atoms with Crippen molar-refractivity contribution in [3.8, 4) is 0 Å². The van der Waals surface area contributed by atoms with Crippen LogP contribution >= 0.6 is 23.4 Å². The number of allylic oxidation sites excluding steroid dienone is 1. The van der Waals surface area contributed by atoms with Crippen molar-refractivity contribution in [2.45, 2.75) is 11.7 Å². The number of carbonyl (C=O) groups is 1. The van der Waals surface area contributed by atoms with Gasteiger partial charge in [-0.2, -0.15) is 0 Å². The summed E-state index contributed by atoms with van der Waals surface area (Å²) in [5.74, 6) is -0.528. The summed E-state index contributed by atoms with van der Waals surface area (Å²) in [4.78, 5) is 16.7. The lowest BCUT2D eigenvalue weighted by Gasteiger charge is -2.08. The molecule has 2 aromatic carbocycles. The molecule has 0 bridgehead atoms. The van der Waals surface area contributed by atoms with Crippen LogP contribution in [0.2, 0.25) is 5.02 Å². The summed E-state index contributed by atoms with van der Waals surface area (Å²) in [6.07, 6.45) is 1.79. The van der Waals surface area contributed by atoms with Crippen LogP contribution in [0.25, 0.3) is 11.0 Å². The average molecular weight is 376 g/mol. The Morgan fingerprint density at radius 3 is 2.92 bits per heavy atom. The number of amides is 1. The smallest absolute Gasteiger partial charge is 0.234 e. The van der Waals surface area contributed by atoms with Crippen LogP contribution in [-0.4, -0.2) is 21.2 Å². The van der Waals surface area contributed by atoms with Gasteiger partial charge in [0.1, 0.15) is 5.82 Å². The molecular weight excluding hydrogens is 361 g/mol. The van der Waals surface area contributed by atoms with Crippen LogP contribution in [-0.2, 0) is 11.3 Å². The third-order valence-electron chi connectivity index (χ3n) is 3.47. The van der Waals surface area contributed by atoms with Gasteiger partial charge in [-0.3, -0.25) is 4.79 Å². The second-order valence-electron chi connectivity index (χ2n) is 5.24. The number of benzene rings is 2. The number of fused-ring (bicyclic) bond motifs is 1.